The minimum Gasteiger partial charge on any atom is -0.412 e. The molecular weight excluding hydrogens is 158 g/mol. The van der Waals surface area contributed by atoms with Crippen molar-refractivity contribution in [1.29, 1.82) is 0 Å². The Morgan fingerprint density at radius 3 is 2.64 bits per heavy atom. The number of alkyl halides is 2. The van der Waals surface area contributed by atoms with Crippen molar-refractivity contribution in [1.82, 2.24) is 5.16 Å². The van der Waals surface area contributed by atoms with Gasteiger partial charge in [-0.3, -0.25) is 0 Å². The fourth-order valence-electron chi connectivity index (χ4n) is 0.528. The van der Waals surface area contributed by atoms with Crippen LogP contribution in [-0.2, 0) is 0 Å². The Morgan fingerprint density at radius 1 is 1.64 bits per heavy atom. The van der Waals surface area contributed by atoms with Crippen LogP contribution < -0.4 is 10.5 Å². The largest absolute Gasteiger partial charge is 0.412 e. The van der Waals surface area contributed by atoms with E-state index in [0.717, 1.165) is 0 Å². The summed E-state index contributed by atoms with van der Waals surface area (Å²) in [5.41, 5.74) is 5.24. The first kappa shape index (κ1) is 7.77. The van der Waals surface area contributed by atoms with Crippen molar-refractivity contribution in [2.24, 2.45) is 0 Å². The fraction of sp³-hybridized carbons (Fsp3) is 0.400. The van der Waals surface area contributed by atoms with E-state index < -0.39 is 6.61 Å². The molecule has 0 bridgehead atoms. The summed E-state index contributed by atoms with van der Waals surface area (Å²) in [5.74, 6) is -0.0989. The quantitative estimate of drug-likeness (QED) is 0.712. The van der Waals surface area contributed by atoms with Crippen LogP contribution in [0.25, 0.3) is 0 Å². The number of anilines is 1. The highest BCUT2D eigenvalue weighted by Crippen LogP contribution is 2.24. The van der Waals surface area contributed by atoms with Gasteiger partial charge in [0.1, 0.15) is 5.69 Å². The van der Waals surface area contributed by atoms with Gasteiger partial charge < -0.3 is 15.0 Å². The summed E-state index contributed by atoms with van der Waals surface area (Å²) in [6.07, 6.45) is 0. The van der Waals surface area contributed by atoms with Crippen LogP contribution in [0, 0.1) is 6.92 Å². The van der Waals surface area contributed by atoms with Crippen molar-refractivity contribution in [3.05, 3.63) is 5.76 Å². The Hall–Kier alpha value is -1.33. The first-order chi connectivity index (χ1) is 5.11. The maximum absolute atomic E-state index is 11.6. The first-order valence-corrected chi connectivity index (χ1v) is 2.78. The Morgan fingerprint density at radius 2 is 2.27 bits per heavy atom. The van der Waals surface area contributed by atoms with Crippen molar-refractivity contribution in [3.63, 3.8) is 0 Å². The van der Waals surface area contributed by atoms with E-state index in [1.165, 1.54) is 6.92 Å². The molecular formula is C5H6F2N2O2. The molecule has 6 heteroatoms. The van der Waals surface area contributed by atoms with Crippen LogP contribution in [0.1, 0.15) is 5.76 Å². The van der Waals surface area contributed by atoms with E-state index in [1.807, 2.05) is 0 Å². The summed E-state index contributed by atoms with van der Waals surface area (Å²) in [6.45, 7) is -1.43. The summed E-state index contributed by atoms with van der Waals surface area (Å²) in [4.78, 5) is 0. The topological polar surface area (TPSA) is 61.3 Å². The number of rotatable bonds is 2. The molecule has 2 N–H and O–H groups in total. The zero-order valence-electron chi connectivity index (χ0n) is 5.67. The number of hydrogen-bond donors (Lipinski definition) is 1. The van der Waals surface area contributed by atoms with Crippen LogP contribution in [0.3, 0.4) is 0 Å². The second-order valence-corrected chi connectivity index (χ2v) is 1.84. The van der Waals surface area contributed by atoms with Crippen LogP contribution in [0.5, 0.6) is 5.88 Å². The smallest absolute Gasteiger partial charge is 0.388 e. The van der Waals surface area contributed by atoms with Crippen molar-refractivity contribution in [3.8, 4) is 5.88 Å². The lowest BCUT2D eigenvalue weighted by atomic mass is 10.4. The molecule has 0 saturated heterocycles. The number of nitrogens with zero attached hydrogens (tertiary/aromatic N) is 1. The summed E-state index contributed by atoms with van der Waals surface area (Å²) in [6, 6.07) is 0. The number of halogens is 2. The second-order valence-electron chi connectivity index (χ2n) is 1.84. The predicted molar refractivity (Wildman–Crippen MR) is 32.3 cm³/mol. The highest BCUT2D eigenvalue weighted by atomic mass is 19.3. The molecule has 11 heavy (non-hydrogen) atoms. The zero-order valence-corrected chi connectivity index (χ0v) is 5.67. The third-order valence-corrected chi connectivity index (χ3v) is 1.08. The lowest BCUT2D eigenvalue weighted by Gasteiger charge is -1.98. The summed E-state index contributed by atoms with van der Waals surface area (Å²) in [7, 11) is 0. The summed E-state index contributed by atoms with van der Waals surface area (Å²) >= 11 is 0. The Labute approximate surface area is 60.9 Å². The number of aromatic nitrogens is 1. The van der Waals surface area contributed by atoms with Gasteiger partial charge >= 0.3 is 6.61 Å². The molecule has 0 spiro atoms. The SMILES string of the molecule is Cc1onc(OC(F)F)c1N. The van der Waals surface area contributed by atoms with Crippen LogP contribution in [-0.4, -0.2) is 11.8 Å². The summed E-state index contributed by atoms with van der Waals surface area (Å²) < 4.78 is 31.5. The molecule has 0 aliphatic rings. The molecule has 0 unspecified atom stereocenters. The van der Waals surface area contributed by atoms with Gasteiger partial charge in [-0.25, -0.2) is 0 Å². The standard InChI is InChI=1S/C5H6F2N2O2/c1-2-3(8)4(9-11-2)10-5(6)7/h5H,8H2,1H3. The van der Waals surface area contributed by atoms with Gasteiger partial charge in [-0.15, -0.1) is 0 Å². The molecule has 0 saturated carbocycles. The van der Waals surface area contributed by atoms with Crippen molar-refractivity contribution < 1.29 is 18.0 Å². The third kappa shape index (κ3) is 1.57. The molecule has 4 nitrogen and oxygen atoms in total. The normalized spacial score (nSPS) is 10.5. The molecule has 0 amide bonds. The number of nitrogens with two attached hydrogens (primary N) is 1. The number of hydrogen-bond acceptors (Lipinski definition) is 4. The van der Waals surface area contributed by atoms with Gasteiger partial charge in [-0.05, 0) is 12.1 Å². The highest BCUT2D eigenvalue weighted by Gasteiger charge is 2.14. The Kier molecular flexibility index (Phi) is 1.93. The maximum Gasteiger partial charge on any atom is 0.388 e. The van der Waals surface area contributed by atoms with Gasteiger partial charge in [0.05, 0.1) is 0 Å². The zero-order chi connectivity index (χ0) is 8.43. The van der Waals surface area contributed by atoms with Gasteiger partial charge in [0.15, 0.2) is 5.76 Å². The van der Waals surface area contributed by atoms with Gasteiger partial charge in [-0.1, -0.05) is 0 Å². The number of aryl methyl sites for hydroxylation is 1. The fourth-order valence-corrected chi connectivity index (χ4v) is 0.528. The van der Waals surface area contributed by atoms with E-state index >= 15 is 0 Å². The molecule has 0 aliphatic carbocycles. The van der Waals surface area contributed by atoms with E-state index in [4.69, 9.17) is 5.73 Å². The molecule has 1 heterocycles. The average Bonchev–Trinajstić information content (AvgIpc) is 2.18. The van der Waals surface area contributed by atoms with Crippen LogP contribution in [0.2, 0.25) is 0 Å². The van der Waals surface area contributed by atoms with Crippen LogP contribution >= 0.6 is 0 Å². The lowest BCUT2D eigenvalue weighted by molar-refractivity contribution is -0.0541. The minimum absolute atomic E-state index is 0.00491. The van der Waals surface area contributed by atoms with E-state index in [2.05, 4.69) is 14.4 Å². The van der Waals surface area contributed by atoms with Crippen molar-refractivity contribution >= 4 is 5.69 Å². The van der Waals surface area contributed by atoms with Crippen LogP contribution in [0.15, 0.2) is 4.52 Å². The van der Waals surface area contributed by atoms with Gasteiger partial charge in [-0.2, -0.15) is 8.78 Å². The molecule has 1 rings (SSSR count). The van der Waals surface area contributed by atoms with E-state index in [0.29, 0.717) is 0 Å². The molecule has 0 radical (unpaired) electrons. The monoisotopic (exact) mass is 164 g/mol. The van der Waals surface area contributed by atoms with Crippen LogP contribution in [0.4, 0.5) is 14.5 Å². The first-order valence-electron chi connectivity index (χ1n) is 2.78. The minimum atomic E-state index is -2.93. The highest BCUT2D eigenvalue weighted by molar-refractivity contribution is 5.49. The lowest BCUT2D eigenvalue weighted by Crippen LogP contribution is -2.03. The van der Waals surface area contributed by atoms with Crippen molar-refractivity contribution in [2.45, 2.75) is 13.5 Å². The third-order valence-electron chi connectivity index (χ3n) is 1.08. The summed E-state index contributed by atoms with van der Waals surface area (Å²) in [5, 5.41) is 3.15. The van der Waals surface area contributed by atoms with E-state index in [1.54, 1.807) is 0 Å². The van der Waals surface area contributed by atoms with E-state index in [9.17, 15) is 8.78 Å². The Bertz CT molecular complexity index is 249. The van der Waals surface area contributed by atoms with Crippen molar-refractivity contribution in [2.75, 3.05) is 5.73 Å². The number of ether oxygens (including phenoxy) is 1. The molecule has 0 fully saturated rings. The van der Waals surface area contributed by atoms with Gasteiger partial charge in [0.25, 0.3) is 5.88 Å². The predicted octanol–water partition coefficient (Wildman–Crippen LogP) is 1.17. The molecule has 1 aromatic rings. The molecule has 0 aliphatic heterocycles. The van der Waals surface area contributed by atoms with E-state index in [-0.39, 0.29) is 17.3 Å². The Balaban J connectivity index is 2.79. The molecule has 1 aromatic heterocycles. The number of nitrogen functional groups attached to an aromatic ring is 1. The van der Waals surface area contributed by atoms with Gasteiger partial charge in [0, 0.05) is 0 Å². The second kappa shape index (κ2) is 2.73. The molecule has 62 valence electrons. The van der Waals surface area contributed by atoms with Gasteiger partial charge in [0.2, 0.25) is 0 Å². The average molecular weight is 164 g/mol. The maximum atomic E-state index is 11.6. The molecule has 0 atom stereocenters. The molecule has 0 aromatic carbocycles.